The fourth-order valence-corrected chi connectivity index (χ4v) is 1.25. The molecule has 0 saturated carbocycles. The first-order valence-electron chi connectivity index (χ1n) is 3.89. The first-order valence-corrected chi connectivity index (χ1v) is 3.89. The van der Waals surface area contributed by atoms with E-state index in [1.54, 1.807) is 0 Å². The molecule has 0 bridgehead atoms. The predicted octanol–water partition coefficient (Wildman–Crippen LogP) is -0.131. The van der Waals surface area contributed by atoms with E-state index in [1.807, 2.05) is 0 Å². The SMILES string of the molecule is OCc1ccc(O)c(CO)c1CO. The predicted molar refractivity (Wildman–Crippen MR) is 45.9 cm³/mol. The van der Waals surface area contributed by atoms with Gasteiger partial charge in [-0.1, -0.05) is 6.07 Å². The molecular weight excluding hydrogens is 172 g/mol. The summed E-state index contributed by atoms with van der Waals surface area (Å²) in [7, 11) is 0. The Balaban J connectivity index is 3.27. The third-order valence-corrected chi connectivity index (χ3v) is 1.99. The number of rotatable bonds is 3. The fraction of sp³-hybridized carbons (Fsp3) is 0.333. The minimum atomic E-state index is -0.352. The molecule has 0 fully saturated rings. The van der Waals surface area contributed by atoms with Gasteiger partial charge < -0.3 is 20.4 Å². The van der Waals surface area contributed by atoms with Crippen LogP contribution in [-0.4, -0.2) is 20.4 Å². The van der Waals surface area contributed by atoms with Crippen LogP contribution < -0.4 is 0 Å². The number of aromatic hydroxyl groups is 1. The number of hydrogen-bond donors (Lipinski definition) is 4. The van der Waals surface area contributed by atoms with E-state index >= 15 is 0 Å². The molecular formula is C9H12O4. The molecule has 0 aliphatic rings. The molecule has 0 amide bonds. The van der Waals surface area contributed by atoms with E-state index in [1.165, 1.54) is 12.1 Å². The highest BCUT2D eigenvalue weighted by molar-refractivity contribution is 5.43. The van der Waals surface area contributed by atoms with Crippen molar-refractivity contribution in [1.82, 2.24) is 0 Å². The summed E-state index contributed by atoms with van der Waals surface area (Å²) in [6.45, 7) is -0.876. The maximum atomic E-state index is 9.29. The maximum Gasteiger partial charge on any atom is 0.121 e. The molecule has 0 aromatic heterocycles. The summed E-state index contributed by atoms with van der Waals surface area (Å²) in [6.07, 6.45) is 0. The lowest BCUT2D eigenvalue weighted by Gasteiger charge is -2.11. The summed E-state index contributed by atoms with van der Waals surface area (Å²) in [5.41, 5.74) is 1.18. The first kappa shape index (κ1) is 9.98. The van der Waals surface area contributed by atoms with Crippen LogP contribution in [0.15, 0.2) is 12.1 Å². The zero-order chi connectivity index (χ0) is 9.84. The van der Waals surface area contributed by atoms with Crippen molar-refractivity contribution in [2.24, 2.45) is 0 Å². The lowest BCUT2D eigenvalue weighted by atomic mass is 10.0. The van der Waals surface area contributed by atoms with Crippen LogP contribution in [0.3, 0.4) is 0 Å². The van der Waals surface area contributed by atoms with Crippen molar-refractivity contribution in [3.05, 3.63) is 28.8 Å². The van der Waals surface area contributed by atoms with Gasteiger partial charge in [-0.05, 0) is 17.2 Å². The summed E-state index contributed by atoms with van der Waals surface area (Å²) in [5, 5.41) is 36.0. The lowest BCUT2D eigenvalue weighted by molar-refractivity contribution is 0.244. The van der Waals surface area contributed by atoms with Crippen molar-refractivity contribution in [3.63, 3.8) is 0 Å². The second-order valence-electron chi connectivity index (χ2n) is 2.68. The monoisotopic (exact) mass is 184 g/mol. The fourth-order valence-electron chi connectivity index (χ4n) is 1.25. The summed E-state index contributed by atoms with van der Waals surface area (Å²) in [4.78, 5) is 0. The Morgan fingerprint density at radius 2 is 1.46 bits per heavy atom. The van der Waals surface area contributed by atoms with Crippen LogP contribution in [0.25, 0.3) is 0 Å². The minimum Gasteiger partial charge on any atom is -0.508 e. The average molecular weight is 184 g/mol. The van der Waals surface area contributed by atoms with Gasteiger partial charge in [0.25, 0.3) is 0 Å². The van der Waals surface area contributed by atoms with Crippen LogP contribution in [0.2, 0.25) is 0 Å². The van der Waals surface area contributed by atoms with E-state index in [0.717, 1.165) is 0 Å². The van der Waals surface area contributed by atoms with E-state index in [0.29, 0.717) is 11.1 Å². The van der Waals surface area contributed by atoms with Crippen molar-refractivity contribution in [2.45, 2.75) is 19.8 Å². The Labute approximate surface area is 75.7 Å². The molecule has 1 aromatic rings. The molecule has 4 heteroatoms. The Morgan fingerprint density at radius 3 is 1.92 bits per heavy atom. The Morgan fingerprint density at radius 1 is 0.846 bits per heavy atom. The van der Waals surface area contributed by atoms with Crippen LogP contribution in [0, 0.1) is 0 Å². The lowest BCUT2D eigenvalue weighted by Crippen LogP contribution is -2.00. The number of benzene rings is 1. The van der Waals surface area contributed by atoms with Gasteiger partial charge in [0.1, 0.15) is 5.75 Å². The van der Waals surface area contributed by atoms with Crippen LogP contribution >= 0.6 is 0 Å². The topological polar surface area (TPSA) is 80.9 Å². The van der Waals surface area contributed by atoms with E-state index < -0.39 is 0 Å². The Kier molecular flexibility index (Phi) is 3.25. The van der Waals surface area contributed by atoms with Gasteiger partial charge in [0.15, 0.2) is 0 Å². The van der Waals surface area contributed by atoms with Crippen molar-refractivity contribution in [2.75, 3.05) is 0 Å². The molecule has 0 unspecified atom stereocenters. The third kappa shape index (κ3) is 1.80. The molecule has 0 aliphatic carbocycles. The molecule has 1 aromatic carbocycles. The van der Waals surface area contributed by atoms with Gasteiger partial charge in [0.2, 0.25) is 0 Å². The molecule has 0 atom stereocenters. The van der Waals surface area contributed by atoms with E-state index in [-0.39, 0.29) is 31.1 Å². The highest BCUT2D eigenvalue weighted by Crippen LogP contribution is 2.24. The Bertz CT molecular complexity index is 296. The normalized spacial score (nSPS) is 10.4. The smallest absolute Gasteiger partial charge is 0.121 e. The number of aliphatic hydroxyl groups is 3. The number of hydrogen-bond acceptors (Lipinski definition) is 4. The number of phenols is 1. The van der Waals surface area contributed by atoms with Gasteiger partial charge in [0.05, 0.1) is 19.8 Å². The zero-order valence-corrected chi connectivity index (χ0v) is 7.06. The standard InChI is InChI=1S/C9H12O4/c10-3-6-1-2-9(13)8(5-12)7(6)4-11/h1-2,10-13H,3-5H2. The maximum absolute atomic E-state index is 9.29. The first-order chi connectivity index (χ1) is 6.24. The summed E-state index contributed by atoms with van der Waals surface area (Å²) in [6, 6.07) is 2.90. The number of aliphatic hydroxyl groups excluding tert-OH is 3. The van der Waals surface area contributed by atoms with Gasteiger partial charge in [-0.3, -0.25) is 0 Å². The van der Waals surface area contributed by atoms with Crippen molar-refractivity contribution in [3.8, 4) is 5.75 Å². The van der Waals surface area contributed by atoms with Crippen LogP contribution in [-0.2, 0) is 19.8 Å². The van der Waals surface area contributed by atoms with Gasteiger partial charge >= 0.3 is 0 Å². The molecule has 0 aliphatic heterocycles. The molecule has 0 spiro atoms. The van der Waals surface area contributed by atoms with Crippen molar-refractivity contribution < 1.29 is 20.4 Å². The summed E-state index contributed by atoms with van der Waals surface area (Å²) >= 11 is 0. The highest BCUT2D eigenvalue weighted by Gasteiger charge is 2.10. The quantitative estimate of drug-likeness (QED) is 0.527. The van der Waals surface area contributed by atoms with Gasteiger partial charge in [-0.25, -0.2) is 0 Å². The highest BCUT2D eigenvalue weighted by atomic mass is 16.3. The second-order valence-corrected chi connectivity index (χ2v) is 2.68. The van der Waals surface area contributed by atoms with E-state index in [9.17, 15) is 5.11 Å². The summed E-state index contributed by atoms with van der Waals surface area (Å²) < 4.78 is 0. The van der Waals surface area contributed by atoms with E-state index in [4.69, 9.17) is 15.3 Å². The Hall–Kier alpha value is -1.10. The zero-order valence-electron chi connectivity index (χ0n) is 7.06. The second kappa shape index (κ2) is 4.23. The molecule has 4 N–H and O–H groups in total. The largest absolute Gasteiger partial charge is 0.508 e. The molecule has 4 nitrogen and oxygen atoms in total. The van der Waals surface area contributed by atoms with Crippen LogP contribution in [0.4, 0.5) is 0 Å². The minimum absolute atomic E-state index is 0.0660. The molecule has 72 valence electrons. The van der Waals surface area contributed by atoms with E-state index in [2.05, 4.69) is 0 Å². The molecule has 13 heavy (non-hydrogen) atoms. The molecule has 0 heterocycles. The third-order valence-electron chi connectivity index (χ3n) is 1.99. The van der Waals surface area contributed by atoms with Gasteiger partial charge in [-0.15, -0.1) is 0 Å². The summed E-state index contributed by atoms with van der Waals surface area (Å²) in [5.74, 6) is -0.0660. The molecule has 1 rings (SSSR count). The van der Waals surface area contributed by atoms with Crippen LogP contribution in [0.5, 0.6) is 5.75 Å². The van der Waals surface area contributed by atoms with Gasteiger partial charge in [-0.2, -0.15) is 0 Å². The van der Waals surface area contributed by atoms with Crippen LogP contribution in [0.1, 0.15) is 16.7 Å². The average Bonchev–Trinajstić information content (AvgIpc) is 2.17. The molecule has 0 radical (unpaired) electrons. The van der Waals surface area contributed by atoms with Crippen molar-refractivity contribution in [1.29, 1.82) is 0 Å². The van der Waals surface area contributed by atoms with Gasteiger partial charge in [0, 0.05) is 5.56 Å². The molecule has 0 saturated heterocycles. The van der Waals surface area contributed by atoms with Crippen molar-refractivity contribution >= 4 is 0 Å².